The molecule has 0 radical (unpaired) electrons. The van der Waals surface area contributed by atoms with Crippen LogP contribution in [0.15, 0.2) is 114 Å². The van der Waals surface area contributed by atoms with Gasteiger partial charge < -0.3 is 55.3 Å². The van der Waals surface area contributed by atoms with Gasteiger partial charge in [0, 0.05) is 19.0 Å². The van der Waals surface area contributed by atoms with Gasteiger partial charge in [0.15, 0.2) is 12.3 Å². The standard InChI is InChI=1S/C52H81N3O18P2/c1-3-5-7-8-9-10-11-12-13-14-15-16-17-18-19-24-28-34-48(60)71-42(38-68-47(59)35-29-33-44(58)43(57)32-27-23-21-20-22-26-31-41(56)30-25-6-4-2)39-69-74(64,65)73-75(66,67)70-40-45-49(61)50(62)51(72-45)55-37-36-46(53)54-52(55)63/h5,7,9-10,12-13,15-16,20-23,26-27,31-32,36-37,41-45,49-51,56-58,61-62H,3-4,6,8,11,14,17-19,24-25,28-30,33-35,38-40H2,1-2H3,(H,64,65)(H,66,67)(H2,53,54,63)/b7-5-,10-9-,13-12-,16-15-,22-20-,23-21+,31-26+,32-27+/t41-,42-,43-,44-,45-,49-,50-,51-/m1/s1. The summed E-state index contributed by atoms with van der Waals surface area (Å²) in [7, 11) is -11.0. The fourth-order valence-corrected chi connectivity index (χ4v) is 9.03. The highest BCUT2D eigenvalue weighted by atomic mass is 31.3. The number of ether oxygens (including phenoxy) is 3. The van der Waals surface area contributed by atoms with Crippen molar-refractivity contribution in [2.45, 2.75) is 172 Å². The number of rotatable bonds is 40. The number of aliphatic hydroxyl groups excluding tert-OH is 5. The van der Waals surface area contributed by atoms with Crippen molar-refractivity contribution in [1.82, 2.24) is 9.55 Å². The molecular formula is C52H81N3O18P2. The monoisotopic (exact) mass is 1100 g/mol. The normalized spacial score (nSPS) is 20.9. The fraction of sp³-hybridized carbons (Fsp3) is 0.577. The van der Waals surface area contributed by atoms with Crippen molar-refractivity contribution in [1.29, 1.82) is 0 Å². The summed E-state index contributed by atoms with van der Waals surface area (Å²) in [6, 6.07) is 1.22. The lowest BCUT2D eigenvalue weighted by atomic mass is 10.1. The highest BCUT2D eigenvalue weighted by Crippen LogP contribution is 2.60. The third-order valence-electron chi connectivity index (χ3n) is 11.0. The third-order valence-corrected chi connectivity index (χ3v) is 13.6. The number of nitrogen functional groups attached to an aromatic ring is 1. The van der Waals surface area contributed by atoms with Crippen LogP contribution in [0.25, 0.3) is 0 Å². The second-order valence-corrected chi connectivity index (χ2v) is 20.5. The lowest BCUT2D eigenvalue weighted by molar-refractivity contribution is -0.161. The van der Waals surface area contributed by atoms with Crippen LogP contribution in [0.5, 0.6) is 0 Å². The SMILES string of the molecule is CC/C=C\C/C=C\C/C=C\C/C=C\CCCCCCC(=O)O[C@H](COC(=O)CCC[C@@H](O)[C@H](O)/C=C/C=C/C=C\C=C\[C@H](O)CCCCC)COP(=O)(O)OP(=O)(O)OC[C@H]1O[C@@H](n2ccc(N)nc2=O)[C@H](O)[C@@H]1O. The summed E-state index contributed by atoms with van der Waals surface area (Å²) in [6.45, 7) is 1.56. The number of phosphoric acid groups is 2. The number of unbranched alkanes of at least 4 members (excludes halogenated alkanes) is 6. The van der Waals surface area contributed by atoms with Gasteiger partial charge in [0.25, 0.3) is 0 Å². The summed E-state index contributed by atoms with van der Waals surface area (Å²) in [5, 5.41) is 51.6. The summed E-state index contributed by atoms with van der Waals surface area (Å²) < 4.78 is 56.5. The summed E-state index contributed by atoms with van der Waals surface area (Å²) in [6.07, 6.45) is 31.3. The topological polar surface area (TPSA) is 326 Å². The molecule has 2 unspecified atom stereocenters. The Morgan fingerprint density at radius 3 is 2.03 bits per heavy atom. The molecule has 1 fully saturated rings. The Morgan fingerprint density at radius 2 is 1.36 bits per heavy atom. The molecule has 0 aromatic carbocycles. The van der Waals surface area contributed by atoms with E-state index in [-0.39, 0.29) is 31.5 Å². The predicted molar refractivity (Wildman–Crippen MR) is 283 cm³/mol. The third kappa shape index (κ3) is 31.4. The molecule has 9 N–H and O–H groups in total. The first-order valence-corrected chi connectivity index (χ1v) is 28.6. The van der Waals surface area contributed by atoms with Crippen LogP contribution in [-0.4, -0.2) is 119 Å². The Morgan fingerprint density at radius 1 is 0.747 bits per heavy atom. The largest absolute Gasteiger partial charge is 0.481 e. The van der Waals surface area contributed by atoms with E-state index in [4.69, 9.17) is 29.0 Å². The zero-order valence-electron chi connectivity index (χ0n) is 43.1. The van der Waals surface area contributed by atoms with Crippen LogP contribution < -0.4 is 11.4 Å². The molecule has 1 aromatic rings. The Bertz CT molecular complexity index is 2190. The van der Waals surface area contributed by atoms with Crippen LogP contribution in [0, 0.1) is 0 Å². The summed E-state index contributed by atoms with van der Waals surface area (Å²) in [4.78, 5) is 62.0. The quantitative estimate of drug-likeness (QED) is 0.0105. The average Bonchev–Trinajstić information content (AvgIpc) is 3.64. The van der Waals surface area contributed by atoms with Crippen LogP contribution >= 0.6 is 15.6 Å². The molecule has 2 rings (SSSR count). The van der Waals surface area contributed by atoms with Crippen LogP contribution in [0.2, 0.25) is 0 Å². The number of carbonyl (C=O) groups excluding carboxylic acids is 2. The van der Waals surface area contributed by atoms with Crippen LogP contribution in [0.3, 0.4) is 0 Å². The predicted octanol–water partition coefficient (Wildman–Crippen LogP) is 7.35. The van der Waals surface area contributed by atoms with Crippen LogP contribution in [0.1, 0.15) is 129 Å². The summed E-state index contributed by atoms with van der Waals surface area (Å²) in [5.41, 5.74) is 4.55. The summed E-state index contributed by atoms with van der Waals surface area (Å²) in [5.74, 6) is -1.69. The van der Waals surface area contributed by atoms with E-state index in [1.807, 2.05) is 0 Å². The van der Waals surface area contributed by atoms with Crippen molar-refractivity contribution in [2.24, 2.45) is 0 Å². The number of nitrogens with zero attached hydrogens (tertiary/aromatic N) is 2. The van der Waals surface area contributed by atoms with Crippen molar-refractivity contribution in [3.05, 3.63) is 120 Å². The number of nitrogens with two attached hydrogens (primary N) is 1. The molecule has 422 valence electrons. The van der Waals surface area contributed by atoms with E-state index in [9.17, 15) is 58.8 Å². The molecule has 2 heterocycles. The molecule has 21 nitrogen and oxygen atoms in total. The highest BCUT2D eigenvalue weighted by Gasteiger charge is 2.46. The van der Waals surface area contributed by atoms with Gasteiger partial charge in [0.05, 0.1) is 31.5 Å². The van der Waals surface area contributed by atoms with Gasteiger partial charge >= 0.3 is 33.3 Å². The molecule has 10 atom stereocenters. The van der Waals surface area contributed by atoms with Crippen molar-refractivity contribution < 1.29 is 81.6 Å². The highest BCUT2D eigenvalue weighted by molar-refractivity contribution is 7.61. The maximum absolute atomic E-state index is 12.9. The van der Waals surface area contributed by atoms with Gasteiger partial charge in [-0.1, -0.05) is 143 Å². The van der Waals surface area contributed by atoms with E-state index in [1.165, 1.54) is 12.1 Å². The van der Waals surface area contributed by atoms with Crippen LogP contribution in [0.4, 0.5) is 5.82 Å². The zero-order chi connectivity index (χ0) is 55.3. The van der Waals surface area contributed by atoms with Gasteiger partial charge in [-0.05, 0) is 70.3 Å². The molecule has 0 spiro atoms. The van der Waals surface area contributed by atoms with E-state index in [0.717, 1.165) is 75.0 Å². The number of anilines is 1. The van der Waals surface area contributed by atoms with Crippen molar-refractivity contribution >= 4 is 33.4 Å². The van der Waals surface area contributed by atoms with E-state index in [2.05, 4.69) is 71.8 Å². The number of hydrogen-bond acceptors (Lipinski definition) is 18. The van der Waals surface area contributed by atoms with Crippen molar-refractivity contribution in [2.75, 3.05) is 25.6 Å². The molecule has 0 bridgehead atoms. The maximum Gasteiger partial charge on any atom is 0.481 e. The first-order valence-electron chi connectivity index (χ1n) is 25.6. The van der Waals surface area contributed by atoms with E-state index in [0.29, 0.717) is 19.3 Å². The fourth-order valence-electron chi connectivity index (χ4n) is 6.92. The minimum atomic E-state index is -5.51. The second-order valence-electron chi connectivity index (χ2n) is 17.5. The number of carbonyl (C=O) groups is 2. The molecule has 1 saturated heterocycles. The summed E-state index contributed by atoms with van der Waals surface area (Å²) >= 11 is 0. The molecule has 0 aliphatic carbocycles. The van der Waals surface area contributed by atoms with E-state index in [1.54, 1.807) is 42.5 Å². The van der Waals surface area contributed by atoms with E-state index < -0.39 is 102 Å². The second kappa shape index (κ2) is 39.0. The van der Waals surface area contributed by atoms with Gasteiger partial charge in [-0.25, -0.2) is 13.9 Å². The first-order chi connectivity index (χ1) is 35.9. The van der Waals surface area contributed by atoms with E-state index >= 15 is 0 Å². The average molecular weight is 1100 g/mol. The number of aromatic nitrogens is 2. The number of esters is 2. The van der Waals surface area contributed by atoms with Crippen LogP contribution in [-0.2, 0) is 46.3 Å². The molecule has 75 heavy (non-hydrogen) atoms. The molecule has 0 saturated carbocycles. The Labute approximate surface area is 440 Å². The number of phosphoric ester groups is 2. The minimum absolute atomic E-state index is 0.00196. The molecule has 1 aliphatic heterocycles. The Kier molecular flexibility index (Phi) is 34.7. The first kappa shape index (κ1) is 66.7. The Hall–Kier alpha value is -4.44. The molecule has 23 heteroatoms. The van der Waals surface area contributed by atoms with Gasteiger partial charge in [-0.3, -0.25) is 23.2 Å². The van der Waals surface area contributed by atoms with Crippen molar-refractivity contribution in [3.8, 4) is 0 Å². The number of aliphatic hydroxyl groups is 5. The van der Waals surface area contributed by atoms with Crippen molar-refractivity contribution in [3.63, 3.8) is 0 Å². The zero-order valence-corrected chi connectivity index (χ0v) is 44.9. The van der Waals surface area contributed by atoms with Gasteiger partial charge in [-0.2, -0.15) is 9.29 Å². The minimum Gasteiger partial charge on any atom is -0.462 e. The number of hydrogen-bond donors (Lipinski definition) is 8. The smallest absolute Gasteiger partial charge is 0.462 e. The molecule has 1 aromatic heterocycles. The lowest BCUT2D eigenvalue weighted by Gasteiger charge is -2.21. The lowest BCUT2D eigenvalue weighted by Crippen LogP contribution is -2.36. The van der Waals surface area contributed by atoms with Gasteiger partial charge in [-0.15, -0.1) is 0 Å². The number of allylic oxidation sites excluding steroid dienone is 14. The Balaban J connectivity index is 1.90. The van der Waals surface area contributed by atoms with Gasteiger partial charge in [0.2, 0.25) is 0 Å². The maximum atomic E-state index is 12.9. The molecular weight excluding hydrogens is 1020 g/mol. The molecule has 1 aliphatic rings. The molecule has 0 amide bonds. The van der Waals surface area contributed by atoms with Gasteiger partial charge in [0.1, 0.15) is 30.7 Å².